The fourth-order valence-electron chi connectivity index (χ4n) is 2.72. The second kappa shape index (κ2) is 9.69. The summed E-state index contributed by atoms with van der Waals surface area (Å²) in [7, 11) is 0. The summed E-state index contributed by atoms with van der Waals surface area (Å²) in [6.07, 6.45) is 3.59. The van der Waals surface area contributed by atoms with Gasteiger partial charge >= 0.3 is 5.97 Å². The van der Waals surface area contributed by atoms with Gasteiger partial charge in [0.05, 0.1) is 18.9 Å². The SMILES string of the molecule is CCC(=NOCCCCC1COC(C)(C(=O)O)OC1)c1ccc(C)cc1. The quantitative estimate of drug-likeness (QED) is 0.411. The Kier molecular flexibility index (Phi) is 7.60. The largest absolute Gasteiger partial charge is 0.477 e. The van der Waals surface area contributed by atoms with E-state index >= 15 is 0 Å². The summed E-state index contributed by atoms with van der Waals surface area (Å²) in [5.41, 5.74) is 3.27. The van der Waals surface area contributed by atoms with E-state index in [1.165, 1.54) is 12.5 Å². The van der Waals surface area contributed by atoms with Gasteiger partial charge in [-0.05, 0) is 38.2 Å². The fraction of sp³-hybridized carbons (Fsp3) is 0.600. The number of hydrogen-bond donors (Lipinski definition) is 1. The summed E-state index contributed by atoms with van der Waals surface area (Å²) in [6, 6.07) is 8.28. The van der Waals surface area contributed by atoms with Crippen molar-refractivity contribution < 1.29 is 24.2 Å². The lowest BCUT2D eigenvalue weighted by Crippen LogP contribution is -2.47. The summed E-state index contributed by atoms with van der Waals surface area (Å²) in [5.74, 6) is -2.35. The molecule has 0 atom stereocenters. The third-order valence-corrected chi connectivity index (χ3v) is 4.57. The number of rotatable bonds is 9. The summed E-state index contributed by atoms with van der Waals surface area (Å²) < 4.78 is 10.7. The van der Waals surface area contributed by atoms with E-state index in [1.807, 2.05) is 0 Å². The molecule has 0 spiro atoms. The van der Waals surface area contributed by atoms with Gasteiger partial charge in [0.25, 0.3) is 5.79 Å². The van der Waals surface area contributed by atoms with Crippen LogP contribution in [0.4, 0.5) is 0 Å². The number of unbranched alkanes of at least 4 members (excludes halogenated alkanes) is 1. The molecule has 1 N–H and O–H groups in total. The first-order valence-corrected chi connectivity index (χ1v) is 9.21. The molecular formula is C20H29NO5. The molecule has 0 unspecified atom stereocenters. The maximum Gasteiger partial charge on any atom is 0.364 e. The highest BCUT2D eigenvalue weighted by Gasteiger charge is 2.40. The van der Waals surface area contributed by atoms with Crippen LogP contribution in [0.5, 0.6) is 0 Å². The van der Waals surface area contributed by atoms with Gasteiger partial charge in [-0.1, -0.05) is 41.9 Å². The van der Waals surface area contributed by atoms with Crippen molar-refractivity contribution >= 4 is 11.7 Å². The van der Waals surface area contributed by atoms with Crippen LogP contribution in [-0.4, -0.2) is 42.4 Å². The van der Waals surface area contributed by atoms with Gasteiger partial charge < -0.3 is 19.4 Å². The number of aryl methyl sites for hydroxylation is 1. The molecule has 1 aromatic rings. The van der Waals surface area contributed by atoms with E-state index in [1.54, 1.807) is 0 Å². The van der Waals surface area contributed by atoms with Crippen LogP contribution in [0.3, 0.4) is 0 Å². The third kappa shape index (κ3) is 5.81. The molecule has 1 aromatic carbocycles. The van der Waals surface area contributed by atoms with E-state index in [4.69, 9.17) is 19.4 Å². The van der Waals surface area contributed by atoms with Crippen LogP contribution < -0.4 is 0 Å². The number of ether oxygens (including phenoxy) is 2. The molecule has 0 bridgehead atoms. The van der Waals surface area contributed by atoms with Crippen LogP contribution >= 0.6 is 0 Å². The lowest BCUT2D eigenvalue weighted by Gasteiger charge is -2.34. The molecular weight excluding hydrogens is 334 g/mol. The van der Waals surface area contributed by atoms with Crippen LogP contribution in [0, 0.1) is 12.8 Å². The predicted molar refractivity (Wildman–Crippen MR) is 99.2 cm³/mol. The van der Waals surface area contributed by atoms with Crippen molar-refractivity contribution in [2.75, 3.05) is 19.8 Å². The molecule has 1 aliphatic rings. The molecule has 2 rings (SSSR count). The van der Waals surface area contributed by atoms with Gasteiger partial charge in [-0.15, -0.1) is 0 Å². The smallest absolute Gasteiger partial charge is 0.364 e. The van der Waals surface area contributed by atoms with Crippen molar-refractivity contribution in [3.05, 3.63) is 35.4 Å². The molecule has 6 heteroatoms. The summed E-state index contributed by atoms with van der Waals surface area (Å²) >= 11 is 0. The minimum Gasteiger partial charge on any atom is -0.477 e. The minimum absolute atomic E-state index is 0.227. The summed E-state index contributed by atoms with van der Waals surface area (Å²) in [6.45, 7) is 6.96. The van der Waals surface area contributed by atoms with Gasteiger partial charge in [0.2, 0.25) is 0 Å². The normalized spacial score (nSPS) is 23.7. The number of benzene rings is 1. The molecule has 144 valence electrons. The molecule has 1 saturated heterocycles. The monoisotopic (exact) mass is 363 g/mol. The van der Waals surface area contributed by atoms with Crippen LogP contribution in [0.15, 0.2) is 29.4 Å². The van der Waals surface area contributed by atoms with E-state index < -0.39 is 11.8 Å². The van der Waals surface area contributed by atoms with E-state index in [9.17, 15) is 4.79 Å². The highest BCUT2D eigenvalue weighted by Crippen LogP contribution is 2.24. The van der Waals surface area contributed by atoms with Gasteiger partial charge in [-0.25, -0.2) is 4.79 Å². The zero-order chi connectivity index (χ0) is 19.0. The lowest BCUT2D eigenvalue weighted by atomic mass is 10.0. The number of hydrogen-bond acceptors (Lipinski definition) is 5. The number of nitrogens with zero attached hydrogens (tertiary/aromatic N) is 1. The average molecular weight is 363 g/mol. The Labute approximate surface area is 155 Å². The standard InChI is InChI=1S/C20H29NO5/c1-4-18(17-10-8-15(2)9-11-17)21-26-12-6-5-7-16-13-24-20(3,19(22)23)25-14-16/h8-11,16H,4-7,12-14H2,1-3H3,(H,22,23). The first-order chi connectivity index (χ1) is 12.4. The van der Waals surface area contributed by atoms with Crippen LogP contribution in [0.25, 0.3) is 0 Å². The Bertz CT molecular complexity index is 603. The molecule has 6 nitrogen and oxygen atoms in total. The van der Waals surface area contributed by atoms with Crippen molar-refractivity contribution in [1.82, 2.24) is 0 Å². The number of carbonyl (C=O) groups is 1. The third-order valence-electron chi connectivity index (χ3n) is 4.57. The predicted octanol–water partition coefficient (Wildman–Crippen LogP) is 3.76. The molecule has 0 aromatic heterocycles. The van der Waals surface area contributed by atoms with Gasteiger partial charge in [0.1, 0.15) is 6.61 Å². The first kappa shape index (κ1) is 20.4. The molecule has 0 amide bonds. The van der Waals surface area contributed by atoms with E-state index in [0.29, 0.717) is 19.8 Å². The van der Waals surface area contributed by atoms with E-state index in [2.05, 4.69) is 43.3 Å². The Balaban J connectivity index is 1.64. The Morgan fingerprint density at radius 1 is 1.27 bits per heavy atom. The highest BCUT2D eigenvalue weighted by molar-refractivity contribution is 6.00. The van der Waals surface area contributed by atoms with Gasteiger partial charge in [-0.2, -0.15) is 0 Å². The number of oxime groups is 1. The Hall–Kier alpha value is -1.92. The second-order valence-corrected chi connectivity index (χ2v) is 6.83. The molecule has 0 aliphatic carbocycles. The summed E-state index contributed by atoms with van der Waals surface area (Å²) in [4.78, 5) is 16.5. The van der Waals surface area contributed by atoms with Crippen molar-refractivity contribution in [2.24, 2.45) is 11.1 Å². The fourth-order valence-corrected chi connectivity index (χ4v) is 2.72. The van der Waals surface area contributed by atoms with Gasteiger partial charge in [-0.3, -0.25) is 0 Å². The number of aliphatic carboxylic acids is 1. The molecule has 1 heterocycles. The topological polar surface area (TPSA) is 77.4 Å². The maximum atomic E-state index is 11.0. The molecule has 26 heavy (non-hydrogen) atoms. The molecule has 0 radical (unpaired) electrons. The van der Waals surface area contributed by atoms with Crippen molar-refractivity contribution in [2.45, 2.75) is 52.2 Å². The van der Waals surface area contributed by atoms with Gasteiger partial charge in [0, 0.05) is 12.8 Å². The van der Waals surface area contributed by atoms with E-state index in [-0.39, 0.29) is 5.92 Å². The van der Waals surface area contributed by atoms with Crippen molar-refractivity contribution in [3.8, 4) is 0 Å². The number of carboxylic acid groups (broad SMARTS) is 1. The van der Waals surface area contributed by atoms with Crippen LogP contribution in [-0.2, 0) is 19.1 Å². The zero-order valence-electron chi connectivity index (χ0n) is 15.9. The zero-order valence-corrected chi connectivity index (χ0v) is 15.9. The summed E-state index contributed by atoms with van der Waals surface area (Å²) in [5, 5.41) is 13.3. The van der Waals surface area contributed by atoms with E-state index in [0.717, 1.165) is 37.0 Å². The number of carboxylic acids is 1. The second-order valence-electron chi connectivity index (χ2n) is 6.83. The van der Waals surface area contributed by atoms with Crippen LogP contribution in [0.2, 0.25) is 0 Å². The van der Waals surface area contributed by atoms with Crippen LogP contribution in [0.1, 0.15) is 50.7 Å². The lowest BCUT2D eigenvalue weighted by molar-refractivity contribution is -0.271. The van der Waals surface area contributed by atoms with Crippen molar-refractivity contribution in [3.63, 3.8) is 0 Å². The molecule has 1 aliphatic heterocycles. The highest BCUT2D eigenvalue weighted by atomic mass is 16.7. The first-order valence-electron chi connectivity index (χ1n) is 9.21. The minimum atomic E-state index is -1.50. The molecule has 1 fully saturated rings. The Morgan fingerprint density at radius 3 is 2.50 bits per heavy atom. The molecule has 0 saturated carbocycles. The Morgan fingerprint density at radius 2 is 1.92 bits per heavy atom. The van der Waals surface area contributed by atoms with Crippen molar-refractivity contribution in [1.29, 1.82) is 0 Å². The average Bonchev–Trinajstić information content (AvgIpc) is 2.63. The maximum absolute atomic E-state index is 11.0. The van der Waals surface area contributed by atoms with Gasteiger partial charge in [0.15, 0.2) is 0 Å².